The van der Waals surface area contributed by atoms with Gasteiger partial charge in [-0.1, -0.05) is 31.2 Å². The Morgan fingerprint density at radius 2 is 1.87 bits per heavy atom. The molecule has 0 atom stereocenters. The summed E-state index contributed by atoms with van der Waals surface area (Å²) < 4.78 is 5.59. The fourth-order valence-electron chi connectivity index (χ4n) is 2.47. The van der Waals surface area contributed by atoms with Gasteiger partial charge in [0.15, 0.2) is 5.76 Å². The zero-order chi connectivity index (χ0) is 16.4. The van der Waals surface area contributed by atoms with E-state index in [4.69, 9.17) is 9.52 Å². The lowest BCUT2D eigenvalue weighted by Crippen LogP contribution is -2.34. The highest BCUT2D eigenvalue weighted by Crippen LogP contribution is 2.45. The highest BCUT2D eigenvalue weighted by Gasteiger charge is 2.50. The van der Waals surface area contributed by atoms with Crippen LogP contribution in [0.1, 0.15) is 35.9 Å². The van der Waals surface area contributed by atoms with Crippen LogP contribution in [0.3, 0.4) is 0 Å². The third-order valence-corrected chi connectivity index (χ3v) is 4.37. The number of furan rings is 1. The standard InChI is InChI=1S/C18H19NO4/c1-2-12-3-5-13(6-4-12)14-7-8-15(23-14)16(20)19-11-18(9-10-18)17(21)22/h3-8H,2,9-11H2,1H3,(H,19,20)(H,21,22). The minimum atomic E-state index is -0.853. The number of nitrogens with one attached hydrogen (secondary N) is 1. The quantitative estimate of drug-likeness (QED) is 0.859. The van der Waals surface area contributed by atoms with Gasteiger partial charge in [0.05, 0.1) is 5.41 Å². The van der Waals surface area contributed by atoms with Gasteiger partial charge in [-0.3, -0.25) is 9.59 Å². The highest BCUT2D eigenvalue weighted by molar-refractivity contribution is 5.92. The maximum absolute atomic E-state index is 12.1. The van der Waals surface area contributed by atoms with Crippen LogP contribution in [0.15, 0.2) is 40.8 Å². The molecule has 0 spiro atoms. The molecule has 0 bridgehead atoms. The van der Waals surface area contributed by atoms with Crippen molar-refractivity contribution in [3.63, 3.8) is 0 Å². The molecule has 1 aromatic carbocycles. The third kappa shape index (κ3) is 3.13. The predicted octanol–water partition coefficient (Wildman–Crippen LogP) is 3.10. The minimum absolute atomic E-state index is 0.141. The minimum Gasteiger partial charge on any atom is -0.481 e. The van der Waals surface area contributed by atoms with E-state index in [0.717, 1.165) is 12.0 Å². The van der Waals surface area contributed by atoms with Crippen LogP contribution in [0.4, 0.5) is 0 Å². The lowest BCUT2D eigenvalue weighted by molar-refractivity contribution is -0.143. The number of carbonyl (C=O) groups is 2. The fraction of sp³-hybridized carbons (Fsp3) is 0.333. The van der Waals surface area contributed by atoms with Gasteiger partial charge in [0.1, 0.15) is 5.76 Å². The van der Waals surface area contributed by atoms with E-state index in [1.165, 1.54) is 5.56 Å². The highest BCUT2D eigenvalue weighted by atomic mass is 16.4. The molecule has 5 heteroatoms. The molecule has 0 aliphatic heterocycles. The summed E-state index contributed by atoms with van der Waals surface area (Å²) in [6.07, 6.45) is 2.18. The van der Waals surface area contributed by atoms with Crippen LogP contribution in [0.5, 0.6) is 0 Å². The van der Waals surface area contributed by atoms with E-state index in [-0.39, 0.29) is 18.2 Å². The molecule has 1 fully saturated rings. The van der Waals surface area contributed by atoms with Crippen LogP contribution in [-0.4, -0.2) is 23.5 Å². The van der Waals surface area contributed by atoms with Gasteiger partial charge in [-0.25, -0.2) is 0 Å². The SMILES string of the molecule is CCc1ccc(-c2ccc(C(=O)NCC3(C(=O)O)CC3)o2)cc1. The van der Waals surface area contributed by atoms with E-state index in [1.807, 2.05) is 24.3 Å². The summed E-state index contributed by atoms with van der Waals surface area (Å²) in [5.41, 5.74) is 1.37. The maximum Gasteiger partial charge on any atom is 0.311 e. The molecule has 0 radical (unpaired) electrons. The van der Waals surface area contributed by atoms with Gasteiger partial charge < -0.3 is 14.8 Å². The van der Waals surface area contributed by atoms with Crippen LogP contribution in [-0.2, 0) is 11.2 Å². The number of carbonyl (C=O) groups excluding carboxylic acids is 1. The number of carboxylic acid groups (broad SMARTS) is 1. The van der Waals surface area contributed by atoms with Crippen LogP contribution in [0, 0.1) is 5.41 Å². The molecule has 5 nitrogen and oxygen atoms in total. The summed E-state index contributed by atoms with van der Waals surface area (Å²) in [6.45, 7) is 2.23. The van der Waals surface area contributed by atoms with Gasteiger partial charge >= 0.3 is 5.97 Å². The molecule has 3 rings (SSSR count). The van der Waals surface area contributed by atoms with E-state index < -0.39 is 11.4 Å². The summed E-state index contributed by atoms with van der Waals surface area (Å²) in [4.78, 5) is 23.2. The number of aliphatic carboxylic acids is 1. The lowest BCUT2D eigenvalue weighted by Gasteiger charge is -2.09. The van der Waals surface area contributed by atoms with Crippen molar-refractivity contribution < 1.29 is 19.1 Å². The zero-order valence-electron chi connectivity index (χ0n) is 13.0. The molecule has 0 unspecified atom stereocenters. The Morgan fingerprint density at radius 1 is 1.17 bits per heavy atom. The molecular weight excluding hydrogens is 294 g/mol. The van der Waals surface area contributed by atoms with Crippen molar-refractivity contribution in [3.8, 4) is 11.3 Å². The Hall–Kier alpha value is -2.56. The molecule has 0 saturated heterocycles. The summed E-state index contributed by atoms with van der Waals surface area (Å²) in [5, 5.41) is 11.8. The number of hydrogen-bond acceptors (Lipinski definition) is 3. The van der Waals surface area contributed by atoms with E-state index in [9.17, 15) is 9.59 Å². The smallest absolute Gasteiger partial charge is 0.311 e. The predicted molar refractivity (Wildman–Crippen MR) is 85.2 cm³/mol. The first-order valence-corrected chi connectivity index (χ1v) is 7.75. The molecule has 23 heavy (non-hydrogen) atoms. The number of amides is 1. The van der Waals surface area contributed by atoms with Crippen molar-refractivity contribution in [2.24, 2.45) is 5.41 Å². The average Bonchev–Trinajstić information content (AvgIpc) is 3.21. The van der Waals surface area contributed by atoms with Crippen LogP contribution in [0.25, 0.3) is 11.3 Å². The molecule has 1 aromatic heterocycles. The number of benzene rings is 1. The third-order valence-electron chi connectivity index (χ3n) is 4.37. The first-order valence-electron chi connectivity index (χ1n) is 7.75. The summed E-state index contributed by atoms with van der Waals surface area (Å²) >= 11 is 0. The Labute approximate surface area is 134 Å². The first-order chi connectivity index (χ1) is 11.0. The fourth-order valence-corrected chi connectivity index (χ4v) is 2.47. The van der Waals surface area contributed by atoms with Gasteiger partial charge in [-0.15, -0.1) is 0 Å². The number of carboxylic acids is 1. The second-order valence-corrected chi connectivity index (χ2v) is 5.98. The Balaban J connectivity index is 1.66. The largest absolute Gasteiger partial charge is 0.481 e. The maximum atomic E-state index is 12.1. The molecule has 2 aromatic rings. The van der Waals surface area contributed by atoms with Crippen LogP contribution < -0.4 is 5.32 Å². The van der Waals surface area contributed by atoms with Gasteiger partial charge in [-0.05, 0) is 37.0 Å². The molecule has 120 valence electrons. The Bertz CT molecular complexity index is 726. The topological polar surface area (TPSA) is 79.5 Å². The van der Waals surface area contributed by atoms with Crippen molar-refractivity contribution in [1.82, 2.24) is 5.32 Å². The summed E-state index contributed by atoms with van der Waals surface area (Å²) in [5.74, 6) is -0.416. The second kappa shape index (κ2) is 5.91. The summed E-state index contributed by atoms with van der Waals surface area (Å²) in [7, 11) is 0. The molecule has 1 heterocycles. The molecule has 2 N–H and O–H groups in total. The van der Waals surface area contributed by atoms with Gasteiger partial charge in [0.25, 0.3) is 5.91 Å². The van der Waals surface area contributed by atoms with Crippen molar-refractivity contribution in [1.29, 1.82) is 0 Å². The molecule has 1 amide bonds. The van der Waals surface area contributed by atoms with Crippen LogP contribution >= 0.6 is 0 Å². The van der Waals surface area contributed by atoms with E-state index in [2.05, 4.69) is 12.2 Å². The Kier molecular flexibility index (Phi) is 3.94. The molecule has 1 aliphatic carbocycles. The zero-order valence-corrected chi connectivity index (χ0v) is 13.0. The van der Waals surface area contributed by atoms with Crippen LogP contribution in [0.2, 0.25) is 0 Å². The van der Waals surface area contributed by atoms with E-state index >= 15 is 0 Å². The number of aryl methyl sites for hydroxylation is 1. The van der Waals surface area contributed by atoms with Gasteiger partial charge in [0.2, 0.25) is 0 Å². The number of hydrogen-bond donors (Lipinski definition) is 2. The Morgan fingerprint density at radius 3 is 2.43 bits per heavy atom. The van der Waals surface area contributed by atoms with Crippen molar-refractivity contribution in [2.45, 2.75) is 26.2 Å². The lowest BCUT2D eigenvalue weighted by atomic mass is 10.1. The molecular formula is C18H19NO4. The first kappa shape index (κ1) is 15.3. The van der Waals surface area contributed by atoms with Crippen molar-refractivity contribution in [2.75, 3.05) is 6.54 Å². The van der Waals surface area contributed by atoms with Gasteiger partial charge in [-0.2, -0.15) is 0 Å². The van der Waals surface area contributed by atoms with E-state index in [0.29, 0.717) is 18.6 Å². The van der Waals surface area contributed by atoms with Crippen molar-refractivity contribution >= 4 is 11.9 Å². The number of rotatable bonds is 6. The summed E-state index contributed by atoms with van der Waals surface area (Å²) in [6, 6.07) is 11.3. The molecule has 1 aliphatic rings. The normalized spacial score (nSPS) is 15.2. The van der Waals surface area contributed by atoms with Crippen molar-refractivity contribution in [3.05, 3.63) is 47.7 Å². The molecule has 1 saturated carbocycles. The average molecular weight is 313 g/mol. The monoisotopic (exact) mass is 313 g/mol. The van der Waals surface area contributed by atoms with Gasteiger partial charge in [0, 0.05) is 12.1 Å². The van der Waals surface area contributed by atoms with E-state index in [1.54, 1.807) is 12.1 Å². The second-order valence-electron chi connectivity index (χ2n) is 5.98.